The Labute approximate surface area is 139 Å². The van der Waals surface area contributed by atoms with Gasteiger partial charge in [0.1, 0.15) is 12.4 Å². The molecule has 1 saturated heterocycles. The van der Waals surface area contributed by atoms with Gasteiger partial charge in [0, 0.05) is 12.6 Å². The average Bonchev–Trinajstić information content (AvgIpc) is 3.22. The highest BCUT2D eigenvalue weighted by atomic mass is 19.4. The second kappa shape index (κ2) is 7.01. The Kier molecular flexibility index (Phi) is 4.99. The predicted molar refractivity (Wildman–Crippen MR) is 82.7 cm³/mol. The van der Waals surface area contributed by atoms with Crippen molar-refractivity contribution in [1.82, 2.24) is 10.2 Å². The van der Waals surface area contributed by atoms with Crippen LogP contribution in [0.4, 0.5) is 13.2 Å². The summed E-state index contributed by atoms with van der Waals surface area (Å²) in [4.78, 5) is 14.3. The summed E-state index contributed by atoms with van der Waals surface area (Å²) in [5.41, 5.74) is -0.689. The summed E-state index contributed by atoms with van der Waals surface area (Å²) < 4.78 is 43.0. The van der Waals surface area contributed by atoms with Gasteiger partial charge in [0.05, 0.1) is 11.6 Å². The van der Waals surface area contributed by atoms with Crippen LogP contribution in [0.3, 0.4) is 0 Å². The number of ether oxygens (including phenoxy) is 1. The maximum Gasteiger partial charge on any atom is 0.416 e. The largest absolute Gasteiger partial charge is 0.492 e. The molecule has 1 atom stereocenters. The van der Waals surface area contributed by atoms with E-state index in [4.69, 9.17) is 4.74 Å². The third kappa shape index (κ3) is 4.41. The van der Waals surface area contributed by atoms with E-state index in [1.807, 2.05) is 0 Å². The summed E-state index contributed by atoms with van der Waals surface area (Å²) in [6.07, 6.45) is -0.386. The van der Waals surface area contributed by atoms with Gasteiger partial charge in [0.2, 0.25) is 5.91 Å². The molecule has 0 aromatic heterocycles. The lowest BCUT2D eigenvalue weighted by Gasteiger charge is -2.23. The van der Waals surface area contributed by atoms with Crippen LogP contribution in [-0.4, -0.2) is 42.6 Å². The molecule has 0 radical (unpaired) electrons. The molecule has 7 heteroatoms. The van der Waals surface area contributed by atoms with Gasteiger partial charge in [0.25, 0.3) is 0 Å². The van der Waals surface area contributed by atoms with Gasteiger partial charge >= 0.3 is 6.18 Å². The average molecular weight is 342 g/mol. The minimum absolute atomic E-state index is 0.0875. The molecule has 2 fully saturated rings. The van der Waals surface area contributed by atoms with Crippen LogP contribution in [0.1, 0.15) is 31.2 Å². The highest BCUT2D eigenvalue weighted by molar-refractivity contribution is 5.82. The second-order valence-electron chi connectivity index (χ2n) is 6.35. The van der Waals surface area contributed by atoms with E-state index in [0.717, 1.165) is 44.4 Å². The van der Waals surface area contributed by atoms with Crippen molar-refractivity contribution in [2.45, 2.75) is 43.9 Å². The number of carbonyl (C=O) groups excluding carboxylic acids is 1. The van der Waals surface area contributed by atoms with Gasteiger partial charge in [-0.1, -0.05) is 0 Å². The molecule has 0 spiro atoms. The molecule has 1 aliphatic heterocycles. The first-order valence-corrected chi connectivity index (χ1v) is 8.28. The highest BCUT2D eigenvalue weighted by Crippen LogP contribution is 2.30. The SMILES string of the molecule is O=C(NC1CC1)C1CCCN1CCOc1ccc(C(F)(F)F)cc1. The quantitative estimate of drug-likeness (QED) is 0.864. The molecule has 1 saturated carbocycles. The van der Waals surface area contributed by atoms with Crippen LogP contribution in [0.5, 0.6) is 5.75 Å². The van der Waals surface area contributed by atoms with Crippen LogP contribution in [-0.2, 0) is 11.0 Å². The van der Waals surface area contributed by atoms with Crippen molar-refractivity contribution in [1.29, 1.82) is 0 Å². The van der Waals surface area contributed by atoms with E-state index in [1.54, 1.807) is 0 Å². The Bertz CT molecular complexity index is 570. The Morgan fingerprint density at radius 3 is 2.54 bits per heavy atom. The molecule has 1 aliphatic carbocycles. The zero-order valence-electron chi connectivity index (χ0n) is 13.3. The highest BCUT2D eigenvalue weighted by Gasteiger charge is 2.33. The van der Waals surface area contributed by atoms with Gasteiger partial charge < -0.3 is 10.1 Å². The summed E-state index contributed by atoms with van der Waals surface area (Å²) in [6.45, 7) is 1.78. The lowest BCUT2D eigenvalue weighted by molar-refractivity contribution is -0.137. The van der Waals surface area contributed by atoms with Crippen molar-refractivity contribution in [3.05, 3.63) is 29.8 Å². The number of nitrogens with one attached hydrogen (secondary N) is 1. The monoisotopic (exact) mass is 342 g/mol. The molecule has 132 valence electrons. The molecule has 0 bridgehead atoms. The van der Waals surface area contributed by atoms with Crippen molar-refractivity contribution in [2.24, 2.45) is 0 Å². The minimum atomic E-state index is -4.34. The molecule has 1 N–H and O–H groups in total. The van der Waals surface area contributed by atoms with Gasteiger partial charge in [-0.15, -0.1) is 0 Å². The molecular weight excluding hydrogens is 321 g/mol. The van der Waals surface area contributed by atoms with E-state index in [2.05, 4.69) is 10.2 Å². The van der Waals surface area contributed by atoms with E-state index < -0.39 is 11.7 Å². The Hall–Kier alpha value is -1.76. The number of hydrogen-bond acceptors (Lipinski definition) is 3. The lowest BCUT2D eigenvalue weighted by atomic mass is 10.2. The maximum absolute atomic E-state index is 12.5. The summed E-state index contributed by atoms with van der Waals surface area (Å²) in [7, 11) is 0. The number of alkyl halides is 3. The topological polar surface area (TPSA) is 41.6 Å². The molecule has 1 heterocycles. The van der Waals surface area contributed by atoms with Crippen LogP contribution in [0.15, 0.2) is 24.3 Å². The van der Waals surface area contributed by atoms with E-state index >= 15 is 0 Å². The van der Waals surface area contributed by atoms with Gasteiger partial charge in [-0.2, -0.15) is 13.2 Å². The molecule has 1 amide bonds. The normalized spacial score (nSPS) is 21.7. The van der Waals surface area contributed by atoms with Crippen LogP contribution in [0.25, 0.3) is 0 Å². The van der Waals surface area contributed by atoms with Gasteiger partial charge in [-0.3, -0.25) is 9.69 Å². The number of rotatable bonds is 6. The fraction of sp³-hybridized carbons (Fsp3) is 0.588. The molecule has 1 aromatic carbocycles. The van der Waals surface area contributed by atoms with Gasteiger partial charge in [-0.05, 0) is 56.5 Å². The summed E-state index contributed by atoms with van der Waals surface area (Å²) in [5, 5.41) is 3.03. The fourth-order valence-electron chi connectivity index (χ4n) is 2.94. The Morgan fingerprint density at radius 2 is 1.92 bits per heavy atom. The standard InChI is InChI=1S/C17H21F3N2O2/c18-17(19,20)12-3-7-14(8-4-12)24-11-10-22-9-1-2-15(22)16(23)21-13-5-6-13/h3-4,7-8,13,15H,1-2,5-6,9-11H2,(H,21,23). The van der Waals surface area contributed by atoms with Crippen LogP contribution >= 0.6 is 0 Å². The Morgan fingerprint density at radius 1 is 1.21 bits per heavy atom. The molecule has 1 unspecified atom stereocenters. The first-order valence-electron chi connectivity index (χ1n) is 8.28. The van der Waals surface area contributed by atoms with Gasteiger partial charge in [0.15, 0.2) is 0 Å². The molecule has 3 rings (SSSR count). The minimum Gasteiger partial charge on any atom is -0.492 e. The van der Waals surface area contributed by atoms with E-state index in [0.29, 0.717) is 24.9 Å². The molecule has 2 aliphatic rings. The number of benzene rings is 1. The number of carbonyl (C=O) groups is 1. The van der Waals surface area contributed by atoms with E-state index in [9.17, 15) is 18.0 Å². The predicted octanol–water partition coefficient (Wildman–Crippen LogP) is 2.83. The smallest absolute Gasteiger partial charge is 0.416 e. The second-order valence-corrected chi connectivity index (χ2v) is 6.35. The molecular formula is C17H21F3N2O2. The van der Waals surface area contributed by atoms with Crippen molar-refractivity contribution >= 4 is 5.91 Å². The maximum atomic E-state index is 12.5. The summed E-state index contributed by atoms with van der Waals surface area (Å²) in [5.74, 6) is 0.491. The summed E-state index contributed by atoms with van der Waals surface area (Å²) >= 11 is 0. The van der Waals surface area contributed by atoms with Crippen molar-refractivity contribution in [3.63, 3.8) is 0 Å². The molecule has 4 nitrogen and oxygen atoms in total. The third-order valence-electron chi connectivity index (χ3n) is 4.42. The third-order valence-corrected chi connectivity index (χ3v) is 4.42. The van der Waals surface area contributed by atoms with Crippen molar-refractivity contribution in [2.75, 3.05) is 19.7 Å². The molecule has 1 aromatic rings. The number of hydrogen-bond donors (Lipinski definition) is 1. The zero-order valence-corrected chi connectivity index (χ0v) is 13.3. The Balaban J connectivity index is 1.45. The van der Waals surface area contributed by atoms with Gasteiger partial charge in [-0.25, -0.2) is 0 Å². The number of nitrogens with zero attached hydrogens (tertiary/aromatic N) is 1. The van der Waals surface area contributed by atoms with E-state index in [1.165, 1.54) is 12.1 Å². The number of halogens is 3. The van der Waals surface area contributed by atoms with Crippen molar-refractivity contribution in [3.8, 4) is 5.75 Å². The zero-order chi connectivity index (χ0) is 17.2. The molecule has 24 heavy (non-hydrogen) atoms. The first-order chi connectivity index (χ1) is 11.4. The van der Waals surface area contributed by atoms with Crippen molar-refractivity contribution < 1.29 is 22.7 Å². The van der Waals surface area contributed by atoms with E-state index in [-0.39, 0.29) is 11.9 Å². The number of likely N-dealkylation sites (tertiary alicyclic amines) is 1. The van der Waals surface area contributed by atoms with Crippen LogP contribution < -0.4 is 10.1 Å². The van der Waals surface area contributed by atoms with Crippen LogP contribution in [0, 0.1) is 0 Å². The van der Waals surface area contributed by atoms with Crippen LogP contribution in [0.2, 0.25) is 0 Å². The fourth-order valence-corrected chi connectivity index (χ4v) is 2.94. The first kappa shape index (κ1) is 17.1. The lowest BCUT2D eigenvalue weighted by Crippen LogP contribution is -2.45. The summed E-state index contributed by atoms with van der Waals surface area (Å²) in [6, 6.07) is 4.91. The number of amides is 1.